The Kier molecular flexibility index (Phi) is 8.56. The molecule has 0 aliphatic carbocycles. The Labute approximate surface area is 212 Å². The van der Waals surface area contributed by atoms with E-state index in [0.717, 1.165) is 0 Å². The maximum absolute atomic E-state index is 12.9. The maximum Gasteiger partial charge on any atom is 0.255 e. The molecule has 0 radical (unpaired) electrons. The molecule has 0 saturated carbocycles. The van der Waals surface area contributed by atoms with Crippen molar-refractivity contribution in [2.45, 2.75) is 61.0 Å². The number of nitrogens with one attached hydrogen (secondary N) is 1. The van der Waals surface area contributed by atoms with Crippen molar-refractivity contribution < 1.29 is 55.1 Å². The summed E-state index contributed by atoms with van der Waals surface area (Å²) in [5.41, 5.74) is 1.44. The monoisotopic (exact) mass is 521 g/mol. The van der Waals surface area contributed by atoms with Crippen molar-refractivity contribution in [1.82, 2.24) is 0 Å². The van der Waals surface area contributed by atoms with Crippen LogP contribution in [0.4, 0.5) is 5.69 Å². The lowest BCUT2D eigenvalue weighted by atomic mass is 9.90. The van der Waals surface area contributed by atoms with E-state index in [4.69, 9.17) is 9.47 Å². The van der Waals surface area contributed by atoms with Crippen LogP contribution in [0.1, 0.15) is 33.7 Å². The zero-order chi connectivity index (χ0) is 26.9. The van der Waals surface area contributed by atoms with Crippen LogP contribution < -0.4 is 5.32 Å². The van der Waals surface area contributed by atoms with Crippen LogP contribution in [0.15, 0.2) is 48.5 Å². The lowest BCUT2D eigenvalue weighted by Crippen LogP contribution is -2.55. The Balaban J connectivity index is 1.46. The highest BCUT2D eigenvalue weighted by Crippen LogP contribution is 2.34. The number of carbonyl (C=O) groups is 1. The topological polar surface area (TPSA) is 209 Å². The maximum atomic E-state index is 12.9. The number of carbonyl (C=O) groups excluding carboxylic acids is 1. The Morgan fingerprint density at radius 1 is 0.676 bits per heavy atom. The zero-order valence-corrected chi connectivity index (χ0v) is 19.6. The van der Waals surface area contributed by atoms with Gasteiger partial charge in [-0.2, -0.15) is 0 Å². The van der Waals surface area contributed by atoms with E-state index in [2.05, 4.69) is 5.32 Å². The van der Waals surface area contributed by atoms with E-state index >= 15 is 0 Å². The largest absolute Gasteiger partial charge is 0.394 e. The third kappa shape index (κ3) is 5.54. The lowest BCUT2D eigenvalue weighted by molar-refractivity contribution is -0.231. The summed E-state index contributed by atoms with van der Waals surface area (Å²) >= 11 is 0. The van der Waals surface area contributed by atoms with Gasteiger partial charge in [0.1, 0.15) is 61.0 Å². The van der Waals surface area contributed by atoms with Gasteiger partial charge in [0.05, 0.1) is 13.2 Å². The molecule has 202 valence electrons. The molecular formula is C25H31NO11. The molecule has 2 aliphatic rings. The number of aliphatic hydroxyl groups excluding tert-OH is 8. The van der Waals surface area contributed by atoms with Gasteiger partial charge in [0.25, 0.3) is 5.91 Å². The molecule has 2 aromatic rings. The Hall–Kier alpha value is -2.49. The van der Waals surface area contributed by atoms with Crippen LogP contribution in [-0.2, 0) is 9.47 Å². The highest BCUT2D eigenvalue weighted by atomic mass is 16.6. The molecule has 9 N–H and O–H groups in total. The Bertz CT molecular complexity index is 1060. The fourth-order valence-electron chi connectivity index (χ4n) is 4.57. The zero-order valence-electron chi connectivity index (χ0n) is 19.6. The first kappa shape index (κ1) is 27.5. The van der Waals surface area contributed by atoms with Gasteiger partial charge >= 0.3 is 0 Å². The van der Waals surface area contributed by atoms with Crippen LogP contribution in [-0.4, -0.2) is 109 Å². The van der Waals surface area contributed by atoms with Crippen molar-refractivity contribution in [2.75, 3.05) is 18.5 Å². The third-order valence-electron chi connectivity index (χ3n) is 6.76. The van der Waals surface area contributed by atoms with Crippen LogP contribution in [0, 0.1) is 0 Å². The average Bonchev–Trinajstić information content (AvgIpc) is 2.91. The van der Waals surface area contributed by atoms with E-state index in [1.807, 2.05) is 0 Å². The number of rotatable bonds is 6. The van der Waals surface area contributed by atoms with E-state index in [-0.39, 0.29) is 5.56 Å². The highest BCUT2D eigenvalue weighted by molar-refractivity contribution is 6.04. The highest BCUT2D eigenvalue weighted by Gasteiger charge is 2.45. The van der Waals surface area contributed by atoms with Crippen molar-refractivity contribution in [3.8, 4) is 0 Å². The lowest BCUT2D eigenvalue weighted by Gasteiger charge is -2.40. The number of aliphatic hydroxyl groups is 8. The van der Waals surface area contributed by atoms with Crippen LogP contribution in [0.25, 0.3) is 0 Å². The predicted molar refractivity (Wildman–Crippen MR) is 126 cm³/mol. The molecule has 2 fully saturated rings. The summed E-state index contributed by atoms with van der Waals surface area (Å²) in [6.45, 7) is -1.11. The number of anilines is 1. The summed E-state index contributed by atoms with van der Waals surface area (Å²) in [5.74, 6) is -0.493. The molecule has 12 heteroatoms. The van der Waals surface area contributed by atoms with Gasteiger partial charge in [-0.05, 0) is 35.4 Å². The molecule has 1 unspecified atom stereocenters. The third-order valence-corrected chi connectivity index (χ3v) is 6.76. The van der Waals surface area contributed by atoms with Gasteiger partial charge in [0.15, 0.2) is 0 Å². The van der Waals surface area contributed by atoms with Crippen molar-refractivity contribution >= 4 is 11.6 Å². The van der Waals surface area contributed by atoms with E-state index in [9.17, 15) is 45.6 Å². The first-order chi connectivity index (χ1) is 17.7. The van der Waals surface area contributed by atoms with Crippen LogP contribution in [0.5, 0.6) is 0 Å². The molecule has 0 bridgehead atoms. The summed E-state index contributed by atoms with van der Waals surface area (Å²) in [6.07, 6.45) is -13.1. The normalized spacial score (nSPS) is 36.2. The van der Waals surface area contributed by atoms with E-state index in [1.165, 1.54) is 12.1 Å². The number of hydrogen-bond acceptors (Lipinski definition) is 11. The molecule has 2 aliphatic heterocycles. The van der Waals surface area contributed by atoms with Crippen molar-refractivity contribution in [3.05, 3.63) is 65.2 Å². The number of amides is 1. The predicted octanol–water partition coefficient (Wildman–Crippen LogP) is -2.03. The number of hydrogen-bond donors (Lipinski definition) is 9. The van der Waals surface area contributed by atoms with Gasteiger partial charge in [-0.25, -0.2) is 0 Å². The molecule has 0 spiro atoms. The first-order valence-corrected chi connectivity index (χ1v) is 11.8. The number of benzene rings is 2. The second kappa shape index (κ2) is 11.5. The molecule has 1 amide bonds. The molecule has 0 aromatic heterocycles. The van der Waals surface area contributed by atoms with Gasteiger partial charge in [0.2, 0.25) is 0 Å². The molecule has 2 aromatic carbocycles. The molecule has 12 nitrogen and oxygen atoms in total. The Morgan fingerprint density at radius 2 is 1.19 bits per heavy atom. The van der Waals surface area contributed by atoms with Crippen LogP contribution in [0.3, 0.4) is 0 Å². The summed E-state index contributed by atoms with van der Waals surface area (Å²) in [7, 11) is 0. The van der Waals surface area contributed by atoms with Gasteiger partial charge < -0.3 is 55.6 Å². The van der Waals surface area contributed by atoms with Crippen molar-refractivity contribution in [1.29, 1.82) is 0 Å². The van der Waals surface area contributed by atoms with Gasteiger partial charge in [-0.3, -0.25) is 4.79 Å². The molecule has 4 rings (SSSR count). The fraction of sp³-hybridized carbons (Fsp3) is 0.480. The average molecular weight is 522 g/mol. The number of ether oxygens (including phenoxy) is 2. The summed E-state index contributed by atoms with van der Waals surface area (Å²) in [6, 6.07) is 12.4. The summed E-state index contributed by atoms with van der Waals surface area (Å²) in [4.78, 5) is 12.9. The smallest absolute Gasteiger partial charge is 0.255 e. The van der Waals surface area contributed by atoms with Crippen molar-refractivity contribution in [3.63, 3.8) is 0 Å². The first-order valence-electron chi connectivity index (χ1n) is 11.8. The molecular weight excluding hydrogens is 490 g/mol. The molecule has 2 heterocycles. The molecule has 2 saturated heterocycles. The van der Waals surface area contributed by atoms with E-state index < -0.39 is 80.2 Å². The van der Waals surface area contributed by atoms with Crippen LogP contribution in [0.2, 0.25) is 0 Å². The second-order valence-corrected chi connectivity index (χ2v) is 9.20. The fourth-order valence-corrected chi connectivity index (χ4v) is 4.57. The van der Waals surface area contributed by atoms with Crippen molar-refractivity contribution in [2.24, 2.45) is 0 Å². The summed E-state index contributed by atoms with van der Waals surface area (Å²) in [5, 5.41) is 82.1. The summed E-state index contributed by atoms with van der Waals surface area (Å²) < 4.78 is 11.1. The minimum absolute atomic E-state index is 0.215. The Morgan fingerprint density at radius 3 is 1.70 bits per heavy atom. The van der Waals surface area contributed by atoms with E-state index in [1.54, 1.807) is 36.4 Å². The second-order valence-electron chi connectivity index (χ2n) is 9.20. The molecule has 10 atom stereocenters. The minimum atomic E-state index is -1.55. The van der Waals surface area contributed by atoms with Gasteiger partial charge in [-0.15, -0.1) is 0 Å². The van der Waals surface area contributed by atoms with Crippen LogP contribution >= 0.6 is 0 Å². The van der Waals surface area contributed by atoms with Gasteiger partial charge in [0, 0.05) is 11.3 Å². The SMILES string of the molecule is O=C(Nc1ccc([C@H]2O[C@H](CO)C(O)[C@H](O)[C@@H]2O)cc1)c1cccc([C@H]2O[C@H](CO)[C@@H](O)[C@H](O)[C@@H]2O)c1. The molecule has 37 heavy (non-hydrogen) atoms. The minimum Gasteiger partial charge on any atom is -0.394 e. The quantitative estimate of drug-likeness (QED) is 0.202. The van der Waals surface area contributed by atoms with Gasteiger partial charge in [-0.1, -0.05) is 24.3 Å². The standard InChI is InChI=1S/C25H31NO11/c27-9-15-17(29)19(31)21(33)23(36-15)11-4-6-14(7-5-11)26-25(35)13-3-1-2-12(8-13)24-22(34)20(32)18(30)16(10-28)37-24/h1-8,15-24,27-34H,9-10H2,(H,26,35)/t15-,16-,17?,18-,19+,20+,21+,22+,23-,24-/m1/s1. The van der Waals surface area contributed by atoms with E-state index in [0.29, 0.717) is 16.8 Å².